The number of ether oxygens (including phenoxy) is 4. The van der Waals surface area contributed by atoms with Crippen LogP contribution in [0.3, 0.4) is 0 Å². The van der Waals surface area contributed by atoms with E-state index in [1.165, 1.54) is 18.4 Å². The fraction of sp³-hybridized carbons (Fsp3) is 0.450. The first kappa shape index (κ1) is 19.8. The maximum Gasteiger partial charge on any atom is 0.337 e. The average Bonchev–Trinajstić information content (AvgIpc) is 3.31. The lowest BCUT2D eigenvalue weighted by molar-refractivity contribution is -0.00461. The number of carbonyl (C=O) groups excluding carboxylic acids is 2. The fourth-order valence-electron chi connectivity index (χ4n) is 3.41. The minimum absolute atomic E-state index is 0.0897. The van der Waals surface area contributed by atoms with Crippen LogP contribution in [0.4, 0.5) is 0 Å². The third kappa shape index (κ3) is 4.42. The number of amides is 1. The van der Waals surface area contributed by atoms with Crippen LogP contribution in [-0.4, -0.2) is 73.5 Å². The van der Waals surface area contributed by atoms with Gasteiger partial charge in [-0.25, -0.2) is 9.78 Å². The molecule has 1 amide bonds. The predicted octanol–water partition coefficient (Wildman–Crippen LogP) is 1.93. The first-order valence-electron chi connectivity index (χ1n) is 9.33. The highest BCUT2D eigenvalue weighted by atomic mass is 32.1. The Hall–Kier alpha value is -2.49. The number of aryl methyl sites for hydroxylation is 1. The summed E-state index contributed by atoms with van der Waals surface area (Å²) in [5, 5.41) is 2.65. The molecule has 0 unspecified atom stereocenters. The summed E-state index contributed by atoms with van der Waals surface area (Å²) in [5.74, 6) is 0.142. The summed E-state index contributed by atoms with van der Waals surface area (Å²) in [4.78, 5) is 30.1. The molecule has 0 aliphatic carbocycles. The van der Waals surface area contributed by atoms with Crippen molar-refractivity contribution >= 4 is 23.2 Å². The van der Waals surface area contributed by atoms with Crippen molar-refractivity contribution in [3.8, 4) is 5.75 Å². The number of thiazole rings is 1. The number of esters is 1. The number of likely N-dealkylation sites (tertiary alicyclic amines) is 1. The van der Waals surface area contributed by atoms with Crippen molar-refractivity contribution in [2.75, 3.05) is 33.4 Å². The van der Waals surface area contributed by atoms with Gasteiger partial charge in [-0.05, 0) is 31.2 Å². The van der Waals surface area contributed by atoms with Crippen LogP contribution in [0.2, 0.25) is 0 Å². The number of hydrogen-bond acceptors (Lipinski definition) is 8. The van der Waals surface area contributed by atoms with E-state index in [1.807, 2.05) is 6.92 Å². The maximum atomic E-state index is 12.6. The van der Waals surface area contributed by atoms with Gasteiger partial charge >= 0.3 is 5.97 Å². The van der Waals surface area contributed by atoms with Crippen LogP contribution in [0.5, 0.6) is 5.75 Å². The molecule has 0 bridgehead atoms. The molecule has 1 aromatic carbocycles. The molecule has 2 aliphatic rings. The molecule has 0 N–H and O–H groups in total. The number of nitrogens with zero attached hydrogens (tertiary/aromatic N) is 2. The molecule has 0 spiro atoms. The van der Waals surface area contributed by atoms with Gasteiger partial charge in [0.25, 0.3) is 5.91 Å². The monoisotopic (exact) mass is 418 g/mol. The standard InChI is InChI=1S/C20H22N2O6S/c1-12-21-16(11-29-12)19(23)22-7-17-18(8-22)27-10-15(9-26-17)28-14-5-3-13(4-6-14)20(24)25-2/h3-6,11,15,17-18H,7-10H2,1-2H3/t17-,18-/m0/s1. The van der Waals surface area contributed by atoms with Gasteiger partial charge in [-0.1, -0.05) is 0 Å². The third-order valence-electron chi connectivity index (χ3n) is 4.91. The van der Waals surface area contributed by atoms with Crippen LogP contribution in [0.15, 0.2) is 29.6 Å². The Labute approximate surface area is 172 Å². The molecule has 2 atom stereocenters. The highest BCUT2D eigenvalue weighted by Gasteiger charge is 2.40. The molecule has 2 saturated heterocycles. The van der Waals surface area contributed by atoms with Crippen molar-refractivity contribution in [2.45, 2.75) is 25.2 Å². The van der Waals surface area contributed by atoms with Crippen molar-refractivity contribution in [1.82, 2.24) is 9.88 Å². The number of methoxy groups -OCH3 is 1. The Kier molecular flexibility index (Phi) is 5.79. The number of carbonyl (C=O) groups is 2. The van der Waals surface area contributed by atoms with E-state index in [4.69, 9.17) is 14.2 Å². The second-order valence-corrected chi connectivity index (χ2v) is 8.02. The van der Waals surface area contributed by atoms with Crippen LogP contribution in [0, 0.1) is 6.92 Å². The van der Waals surface area contributed by atoms with E-state index in [0.717, 1.165) is 5.01 Å². The van der Waals surface area contributed by atoms with E-state index in [2.05, 4.69) is 9.72 Å². The zero-order valence-corrected chi connectivity index (χ0v) is 17.0. The van der Waals surface area contributed by atoms with Gasteiger partial charge in [0.2, 0.25) is 0 Å². The SMILES string of the molecule is COC(=O)c1ccc(OC2CO[C@H]3CN(C(=O)c4csc(C)n4)C[C@@H]3OC2)cc1. The first-order chi connectivity index (χ1) is 14.0. The highest BCUT2D eigenvalue weighted by molar-refractivity contribution is 7.09. The topological polar surface area (TPSA) is 87.2 Å². The Balaban J connectivity index is 1.31. The maximum absolute atomic E-state index is 12.6. The molecule has 2 aromatic rings. The van der Waals surface area contributed by atoms with E-state index in [1.54, 1.807) is 34.5 Å². The first-order valence-corrected chi connectivity index (χ1v) is 10.2. The molecule has 154 valence electrons. The molecule has 0 radical (unpaired) electrons. The minimum Gasteiger partial charge on any atom is -0.486 e. The summed E-state index contributed by atoms with van der Waals surface area (Å²) in [5.41, 5.74) is 0.934. The number of fused-ring (bicyclic) bond motifs is 1. The molecule has 8 nitrogen and oxygen atoms in total. The zero-order valence-electron chi connectivity index (χ0n) is 16.2. The lowest BCUT2D eigenvalue weighted by Gasteiger charge is -2.19. The van der Waals surface area contributed by atoms with Crippen molar-refractivity contribution in [3.63, 3.8) is 0 Å². The number of benzene rings is 1. The van der Waals surface area contributed by atoms with Gasteiger partial charge < -0.3 is 23.8 Å². The average molecular weight is 418 g/mol. The Morgan fingerprint density at radius 1 is 1.14 bits per heavy atom. The van der Waals surface area contributed by atoms with E-state index in [0.29, 0.717) is 43.3 Å². The number of hydrogen-bond donors (Lipinski definition) is 0. The molecular weight excluding hydrogens is 396 g/mol. The number of aromatic nitrogens is 1. The van der Waals surface area contributed by atoms with Crippen LogP contribution < -0.4 is 4.74 Å². The van der Waals surface area contributed by atoms with E-state index >= 15 is 0 Å². The van der Waals surface area contributed by atoms with E-state index in [9.17, 15) is 9.59 Å². The lowest BCUT2D eigenvalue weighted by Crippen LogP contribution is -2.33. The zero-order chi connectivity index (χ0) is 20.4. The van der Waals surface area contributed by atoms with Crippen LogP contribution >= 0.6 is 11.3 Å². The summed E-state index contributed by atoms with van der Waals surface area (Å²) < 4.78 is 22.6. The van der Waals surface area contributed by atoms with Gasteiger partial charge in [-0.15, -0.1) is 11.3 Å². The Morgan fingerprint density at radius 2 is 1.79 bits per heavy atom. The smallest absolute Gasteiger partial charge is 0.337 e. The summed E-state index contributed by atoms with van der Waals surface area (Å²) in [7, 11) is 1.34. The van der Waals surface area contributed by atoms with Crippen molar-refractivity contribution in [1.29, 1.82) is 0 Å². The summed E-state index contributed by atoms with van der Waals surface area (Å²) in [6.45, 7) is 3.54. The van der Waals surface area contributed by atoms with Gasteiger partial charge in [-0.3, -0.25) is 4.79 Å². The second-order valence-electron chi connectivity index (χ2n) is 6.96. The largest absolute Gasteiger partial charge is 0.486 e. The lowest BCUT2D eigenvalue weighted by atomic mass is 10.2. The Morgan fingerprint density at radius 3 is 2.34 bits per heavy atom. The van der Waals surface area contributed by atoms with Gasteiger partial charge in [0.15, 0.2) is 0 Å². The molecule has 9 heteroatoms. The highest BCUT2D eigenvalue weighted by Crippen LogP contribution is 2.24. The van der Waals surface area contributed by atoms with E-state index < -0.39 is 5.97 Å². The minimum atomic E-state index is -0.391. The second kappa shape index (κ2) is 8.48. The van der Waals surface area contributed by atoms with Gasteiger partial charge in [-0.2, -0.15) is 0 Å². The summed E-state index contributed by atoms with van der Waals surface area (Å²) in [6.07, 6.45) is -0.641. The molecular formula is C20H22N2O6S. The summed E-state index contributed by atoms with van der Waals surface area (Å²) >= 11 is 1.46. The third-order valence-corrected chi connectivity index (χ3v) is 5.68. The molecule has 29 heavy (non-hydrogen) atoms. The molecule has 3 heterocycles. The molecule has 4 rings (SSSR count). The van der Waals surface area contributed by atoms with Crippen LogP contribution in [0.25, 0.3) is 0 Å². The quantitative estimate of drug-likeness (QED) is 0.701. The van der Waals surface area contributed by atoms with Gasteiger partial charge in [0.1, 0.15) is 29.8 Å². The van der Waals surface area contributed by atoms with Crippen molar-refractivity contribution in [2.24, 2.45) is 0 Å². The van der Waals surface area contributed by atoms with Crippen molar-refractivity contribution in [3.05, 3.63) is 45.9 Å². The van der Waals surface area contributed by atoms with Gasteiger partial charge in [0, 0.05) is 18.5 Å². The normalized spacial score (nSPS) is 22.1. The van der Waals surface area contributed by atoms with Crippen LogP contribution in [0.1, 0.15) is 25.9 Å². The van der Waals surface area contributed by atoms with Crippen LogP contribution in [-0.2, 0) is 14.2 Å². The molecule has 2 fully saturated rings. The number of rotatable bonds is 4. The fourth-order valence-corrected chi connectivity index (χ4v) is 4.00. The molecule has 2 aliphatic heterocycles. The van der Waals surface area contributed by atoms with Crippen molar-refractivity contribution < 1.29 is 28.5 Å². The van der Waals surface area contributed by atoms with Gasteiger partial charge in [0.05, 0.1) is 30.9 Å². The summed E-state index contributed by atoms with van der Waals surface area (Å²) in [6, 6.07) is 6.73. The predicted molar refractivity (Wildman–Crippen MR) is 104 cm³/mol. The van der Waals surface area contributed by atoms with E-state index in [-0.39, 0.29) is 24.2 Å². The molecule has 0 saturated carbocycles. The molecule has 1 aromatic heterocycles. The Bertz CT molecular complexity index is 867.